The van der Waals surface area contributed by atoms with Crippen molar-refractivity contribution in [3.8, 4) is 0 Å². The van der Waals surface area contributed by atoms with Gasteiger partial charge in [0.1, 0.15) is 0 Å². The molecule has 0 bridgehead atoms. The summed E-state index contributed by atoms with van der Waals surface area (Å²) in [4.78, 5) is 0. The van der Waals surface area contributed by atoms with Gasteiger partial charge in [0.25, 0.3) is 0 Å². The zero-order valence-corrected chi connectivity index (χ0v) is 10.6. The summed E-state index contributed by atoms with van der Waals surface area (Å²) >= 11 is 0. The molecule has 0 unspecified atom stereocenters. The normalized spacial score (nSPS) is 10.5. The van der Waals surface area contributed by atoms with Gasteiger partial charge in [-0.25, -0.2) is 0 Å². The molecule has 90 valence electrons. The molecule has 0 aliphatic heterocycles. The molecule has 1 aromatic carbocycles. The minimum Gasteiger partial charge on any atom is -0.381 e. The van der Waals surface area contributed by atoms with Crippen molar-refractivity contribution in [2.45, 2.75) is 26.3 Å². The number of rotatable bonds is 5. The van der Waals surface area contributed by atoms with Gasteiger partial charge in [-0.15, -0.1) is 0 Å². The first-order chi connectivity index (χ1) is 8.29. The molecule has 2 rings (SSSR count). The fourth-order valence-corrected chi connectivity index (χ4v) is 2.04. The fraction of sp³-hybridized carbons (Fsp3) is 0.333. The lowest BCUT2D eigenvalue weighted by molar-refractivity contribution is 0.913. The number of para-hydroxylation sites is 1. The van der Waals surface area contributed by atoms with Crippen LogP contribution in [0.2, 0.25) is 0 Å². The van der Waals surface area contributed by atoms with Gasteiger partial charge in [-0.05, 0) is 29.7 Å². The van der Waals surface area contributed by atoms with E-state index < -0.39 is 0 Å². The van der Waals surface area contributed by atoms with Crippen molar-refractivity contribution in [3.63, 3.8) is 0 Å². The van der Waals surface area contributed by atoms with Crippen LogP contribution in [0.25, 0.3) is 0 Å². The van der Waals surface area contributed by atoms with E-state index >= 15 is 0 Å². The van der Waals surface area contributed by atoms with Gasteiger partial charge < -0.3 is 9.88 Å². The van der Waals surface area contributed by atoms with Crippen LogP contribution >= 0.6 is 0 Å². The number of aryl methyl sites for hydroxylation is 2. The Morgan fingerprint density at radius 1 is 1.18 bits per heavy atom. The van der Waals surface area contributed by atoms with E-state index in [2.05, 4.69) is 66.6 Å². The van der Waals surface area contributed by atoms with Crippen LogP contribution in [0.5, 0.6) is 0 Å². The summed E-state index contributed by atoms with van der Waals surface area (Å²) in [7, 11) is 2.05. The van der Waals surface area contributed by atoms with Crippen molar-refractivity contribution in [2.75, 3.05) is 5.32 Å². The van der Waals surface area contributed by atoms with Crippen LogP contribution in [-0.2, 0) is 20.0 Å². The van der Waals surface area contributed by atoms with Crippen LogP contribution in [0.3, 0.4) is 0 Å². The summed E-state index contributed by atoms with van der Waals surface area (Å²) < 4.78 is 2.08. The molecule has 0 saturated heterocycles. The first kappa shape index (κ1) is 11.8. The molecule has 0 amide bonds. The molecule has 2 heteroatoms. The smallest absolute Gasteiger partial charge is 0.0415 e. The number of anilines is 1. The zero-order chi connectivity index (χ0) is 12.1. The van der Waals surface area contributed by atoms with E-state index in [9.17, 15) is 0 Å². The van der Waals surface area contributed by atoms with Crippen LogP contribution in [0.1, 0.15) is 24.5 Å². The Labute approximate surface area is 103 Å². The first-order valence-electron chi connectivity index (χ1n) is 6.22. The van der Waals surface area contributed by atoms with Crippen molar-refractivity contribution in [3.05, 3.63) is 53.9 Å². The molecular weight excluding hydrogens is 208 g/mol. The van der Waals surface area contributed by atoms with Crippen LogP contribution in [0, 0.1) is 0 Å². The topological polar surface area (TPSA) is 17.0 Å². The van der Waals surface area contributed by atoms with Gasteiger partial charge in [-0.3, -0.25) is 0 Å². The Kier molecular flexibility index (Phi) is 3.86. The lowest BCUT2D eigenvalue weighted by atomic mass is 10.1. The lowest BCUT2D eigenvalue weighted by Crippen LogP contribution is -2.01. The quantitative estimate of drug-likeness (QED) is 0.827. The minimum absolute atomic E-state index is 0.890. The predicted molar refractivity (Wildman–Crippen MR) is 73.2 cm³/mol. The van der Waals surface area contributed by atoms with Crippen LogP contribution in [0.15, 0.2) is 42.7 Å². The van der Waals surface area contributed by atoms with Gasteiger partial charge in [-0.2, -0.15) is 0 Å². The van der Waals surface area contributed by atoms with Crippen molar-refractivity contribution in [1.29, 1.82) is 0 Å². The van der Waals surface area contributed by atoms with Crippen molar-refractivity contribution >= 4 is 5.69 Å². The third-order valence-corrected chi connectivity index (χ3v) is 2.91. The number of benzene rings is 1. The molecule has 2 nitrogen and oxygen atoms in total. The highest BCUT2D eigenvalue weighted by atomic mass is 14.9. The third-order valence-electron chi connectivity index (χ3n) is 2.91. The highest BCUT2D eigenvalue weighted by Gasteiger charge is 2.00. The molecular formula is C15H20N2. The Morgan fingerprint density at radius 3 is 2.71 bits per heavy atom. The lowest BCUT2D eigenvalue weighted by Gasteiger charge is -2.10. The van der Waals surface area contributed by atoms with E-state index in [1.807, 2.05) is 0 Å². The maximum Gasteiger partial charge on any atom is 0.0415 e. The van der Waals surface area contributed by atoms with E-state index in [1.54, 1.807) is 0 Å². The number of hydrogen-bond acceptors (Lipinski definition) is 1. The molecule has 0 aliphatic rings. The Balaban J connectivity index is 2.03. The van der Waals surface area contributed by atoms with Gasteiger partial charge >= 0.3 is 0 Å². The minimum atomic E-state index is 0.890. The molecule has 0 spiro atoms. The highest BCUT2D eigenvalue weighted by Crippen LogP contribution is 2.17. The van der Waals surface area contributed by atoms with Crippen LogP contribution < -0.4 is 5.32 Å². The van der Waals surface area contributed by atoms with Crippen LogP contribution in [-0.4, -0.2) is 4.57 Å². The van der Waals surface area contributed by atoms with Gasteiger partial charge in [-0.1, -0.05) is 31.5 Å². The van der Waals surface area contributed by atoms with Gasteiger partial charge in [0.2, 0.25) is 0 Å². The molecule has 2 aromatic rings. The molecule has 0 aliphatic carbocycles. The number of nitrogens with one attached hydrogen (secondary N) is 1. The molecule has 1 aromatic heterocycles. The molecule has 1 N–H and O–H groups in total. The van der Waals surface area contributed by atoms with Crippen molar-refractivity contribution in [1.82, 2.24) is 4.57 Å². The summed E-state index contributed by atoms with van der Waals surface area (Å²) in [5, 5.41) is 3.51. The number of aromatic nitrogens is 1. The van der Waals surface area contributed by atoms with Gasteiger partial charge in [0.15, 0.2) is 0 Å². The highest BCUT2D eigenvalue weighted by molar-refractivity contribution is 5.51. The van der Waals surface area contributed by atoms with E-state index in [0.717, 1.165) is 13.0 Å². The summed E-state index contributed by atoms with van der Waals surface area (Å²) in [6, 6.07) is 10.7. The Bertz CT molecular complexity index is 471. The molecule has 0 atom stereocenters. The maximum absolute atomic E-state index is 3.51. The number of hydrogen-bond donors (Lipinski definition) is 1. The second-order valence-electron chi connectivity index (χ2n) is 4.45. The SMILES string of the molecule is CCCc1ccccc1NCc1ccn(C)c1. The standard InChI is InChI=1S/C15H20N2/c1-3-6-14-7-4-5-8-15(14)16-11-13-9-10-17(2)12-13/h4-5,7-10,12,16H,3,6,11H2,1-2H3. The Morgan fingerprint density at radius 2 is 2.00 bits per heavy atom. The van der Waals surface area contributed by atoms with Gasteiger partial charge in [0, 0.05) is 31.7 Å². The van der Waals surface area contributed by atoms with Crippen molar-refractivity contribution < 1.29 is 0 Å². The monoisotopic (exact) mass is 228 g/mol. The van der Waals surface area contributed by atoms with Crippen LogP contribution in [0.4, 0.5) is 5.69 Å². The molecule has 17 heavy (non-hydrogen) atoms. The summed E-state index contributed by atoms with van der Waals surface area (Å²) in [6.45, 7) is 3.11. The van der Waals surface area contributed by atoms with E-state index in [4.69, 9.17) is 0 Å². The first-order valence-corrected chi connectivity index (χ1v) is 6.22. The molecule has 1 heterocycles. The average Bonchev–Trinajstić information content (AvgIpc) is 2.74. The largest absolute Gasteiger partial charge is 0.381 e. The predicted octanol–water partition coefficient (Wildman–Crippen LogP) is 3.59. The van der Waals surface area contributed by atoms with Gasteiger partial charge in [0.05, 0.1) is 0 Å². The van der Waals surface area contributed by atoms with E-state index in [0.29, 0.717) is 0 Å². The van der Waals surface area contributed by atoms with Crippen molar-refractivity contribution in [2.24, 2.45) is 7.05 Å². The maximum atomic E-state index is 3.51. The fourth-order valence-electron chi connectivity index (χ4n) is 2.04. The average molecular weight is 228 g/mol. The zero-order valence-electron chi connectivity index (χ0n) is 10.6. The second-order valence-corrected chi connectivity index (χ2v) is 4.45. The second kappa shape index (κ2) is 5.58. The Hall–Kier alpha value is -1.70. The molecule has 0 fully saturated rings. The molecule has 0 saturated carbocycles. The number of nitrogens with zero attached hydrogens (tertiary/aromatic N) is 1. The third kappa shape index (κ3) is 3.13. The van der Waals surface area contributed by atoms with E-state index in [-0.39, 0.29) is 0 Å². The summed E-state index contributed by atoms with van der Waals surface area (Å²) in [5.41, 5.74) is 3.99. The summed E-state index contributed by atoms with van der Waals surface area (Å²) in [5.74, 6) is 0. The molecule has 0 radical (unpaired) electrons. The van der Waals surface area contributed by atoms with E-state index in [1.165, 1.54) is 23.2 Å². The summed E-state index contributed by atoms with van der Waals surface area (Å²) in [6.07, 6.45) is 6.55.